The van der Waals surface area contributed by atoms with Crippen molar-refractivity contribution in [2.24, 2.45) is 5.92 Å². The van der Waals surface area contributed by atoms with Crippen LogP contribution in [0.2, 0.25) is 0 Å². The van der Waals surface area contributed by atoms with Crippen molar-refractivity contribution in [3.63, 3.8) is 0 Å². The second-order valence-corrected chi connectivity index (χ2v) is 6.15. The normalized spacial score (nSPS) is 15.7. The van der Waals surface area contributed by atoms with Crippen LogP contribution in [0.3, 0.4) is 0 Å². The molecule has 0 bridgehead atoms. The molecule has 2 N–H and O–H groups in total. The molecule has 1 aromatic rings. The van der Waals surface area contributed by atoms with Crippen LogP contribution in [0.4, 0.5) is 10.5 Å². The van der Waals surface area contributed by atoms with Gasteiger partial charge in [0.2, 0.25) is 5.91 Å². The van der Waals surface area contributed by atoms with E-state index < -0.39 is 0 Å². The van der Waals surface area contributed by atoms with Crippen LogP contribution in [-0.4, -0.2) is 36.0 Å². The Morgan fingerprint density at radius 3 is 2.41 bits per heavy atom. The average molecular weight is 303 g/mol. The van der Waals surface area contributed by atoms with Crippen molar-refractivity contribution in [3.8, 4) is 0 Å². The summed E-state index contributed by atoms with van der Waals surface area (Å²) in [5, 5.41) is 5.83. The predicted molar refractivity (Wildman–Crippen MR) is 87.7 cm³/mol. The van der Waals surface area contributed by atoms with Crippen LogP contribution in [0.5, 0.6) is 0 Å². The molecule has 2 rings (SSSR count). The van der Waals surface area contributed by atoms with Gasteiger partial charge in [-0.1, -0.05) is 18.2 Å². The molecule has 0 atom stereocenters. The smallest absolute Gasteiger partial charge is 0.321 e. The zero-order chi connectivity index (χ0) is 15.9. The molecular formula is C17H25N3O2. The maximum atomic E-state index is 12.2. The van der Waals surface area contributed by atoms with Crippen LogP contribution in [-0.2, 0) is 4.79 Å². The quantitative estimate of drug-likeness (QED) is 0.898. The van der Waals surface area contributed by atoms with Gasteiger partial charge in [-0.05, 0) is 44.7 Å². The highest BCUT2D eigenvalue weighted by Crippen LogP contribution is 2.21. The Kier molecular flexibility index (Phi) is 5.81. The summed E-state index contributed by atoms with van der Waals surface area (Å²) in [6, 6.07) is 9.59. The van der Waals surface area contributed by atoms with Gasteiger partial charge in [-0.3, -0.25) is 4.79 Å². The monoisotopic (exact) mass is 303 g/mol. The highest BCUT2D eigenvalue weighted by Gasteiger charge is 2.24. The standard InChI is InChI=1S/C17H25N3O2/c1-13(2)18-16(21)12-14-8-10-20(11-9-14)17(22)19-15-6-4-3-5-7-15/h3-7,13-14H,8-12H2,1-2H3,(H,18,21)(H,19,22). The maximum absolute atomic E-state index is 12.2. The van der Waals surface area contributed by atoms with Gasteiger partial charge in [0.15, 0.2) is 0 Å². The Balaban J connectivity index is 1.75. The van der Waals surface area contributed by atoms with Crippen LogP contribution >= 0.6 is 0 Å². The van der Waals surface area contributed by atoms with Crippen molar-refractivity contribution in [2.45, 2.75) is 39.2 Å². The number of piperidine rings is 1. The van der Waals surface area contributed by atoms with Crippen molar-refractivity contribution >= 4 is 17.6 Å². The first-order valence-corrected chi connectivity index (χ1v) is 7.95. The minimum absolute atomic E-state index is 0.0590. The number of carbonyl (C=O) groups is 2. The van der Waals surface area contributed by atoms with Gasteiger partial charge in [-0.15, -0.1) is 0 Å². The molecule has 0 radical (unpaired) electrons. The number of amides is 3. The first-order chi connectivity index (χ1) is 10.5. The molecule has 1 aliphatic rings. The zero-order valence-electron chi connectivity index (χ0n) is 13.3. The number of rotatable bonds is 4. The molecule has 0 unspecified atom stereocenters. The second kappa shape index (κ2) is 7.82. The van der Waals surface area contributed by atoms with Gasteiger partial charge >= 0.3 is 6.03 Å². The molecule has 1 heterocycles. The summed E-state index contributed by atoms with van der Waals surface area (Å²) in [5.41, 5.74) is 0.811. The molecule has 5 heteroatoms. The fourth-order valence-corrected chi connectivity index (χ4v) is 2.71. The third kappa shape index (κ3) is 5.06. The molecule has 120 valence electrons. The Bertz CT molecular complexity index is 494. The van der Waals surface area contributed by atoms with Gasteiger partial charge < -0.3 is 15.5 Å². The first-order valence-electron chi connectivity index (χ1n) is 7.95. The minimum Gasteiger partial charge on any atom is -0.354 e. The van der Waals surface area contributed by atoms with E-state index >= 15 is 0 Å². The number of anilines is 1. The average Bonchev–Trinajstić information content (AvgIpc) is 2.48. The van der Waals surface area contributed by atoms with Crippen LogP contribution in [0.15, 0.2) is 30.3 Å². The minimum atomic E-state index is -0.0590. The van der Waals surface area contributed by atoms with E-state index in [4.69, 9.17) is 0 Å². The highest BCUT2D eigenvalue weighted by molar-refractivity contribution is 5.89. The molecule has 3 amide bonds. The number of nitrogens with one attached hydrogen (secondary N) is 2. The lowest BCUT2D eigenvalue weighted by molar-refractivity contribution is -0.122. The van der Waals surface area contributed by atoms with Gasteiger partial charge in [0.1, 0.15) is 0 Å². The highest BCUT2D eigenvalue weighted by atomic mass is 16.2. The van der Waals surface area contributed by atoms with Crippen LogP contribution < -0.4 is 10.6 Å². The van der Waals surface area contributed by atoms with Crippen molar-refractivity contribution in [2.75, 3.05) is 18.4 Å². The molecule has 0 spiro atoms. The van der Waals surface area contributed by atoms with Gasteiger partial charge in [0.25, 0.3) is 0 Å². The molecule has 0 aromatic heterocycles. The van der Waals surface area contributed by atoms with E-state index in [1.54, 1.807) is 0 Å². The van der Waals surface area contributed by atoms with Crippen molar-refractivity contribution < 1.29 is 9.59 Å². The molecule has 1 aliphatic heterocycles. The summed E-state index contributed by atoms with van der Waals surface area (Å²) in [6.45, 7) is 5.35. The number of hydrogen-bond acceptors (Lipinski definition) is 2. The van der Waals surface area contributed by atoms with Crippen molar-refractivity contribution in [1.29, 1.82) is 0 Å². The van der Waals surface area contributed by atoms with Gasteiger partial charge in [0.05, 0.1) is 0 Å². The zero-order valence-corrected chi connectivity index (χ0v) is 13.3. The summed E-state index contributed by atoms with van der Waals surface area (Å²) in [6.07, 6.45) is 2.33. The van der Waals surface area contributed by atoms with E-state index in [1.807, 2.05) is 49.1 Å². The summed E-state index contributed by atoms with van der Waals surface area (Å²) in [4.78, 5) is 25.8. The van der Waals surface area contributed by atoms with E-state index in [1.165, 1.54) is 0 Å². The van der Waals surface area contributed by atoms with E-state index in [-0.39, 0.29) is 18.0 Å². The lowest BCUT2D eigenvalue weighted by Gasteiger charge is -2.31. The molecular weight excluding hydrogens is 278 g/mol. The van der Waals surface area contributed by atoms with Gasteiger partial charge in [-0.2, -0.15) is 0 Å². The molecule has 0 saturated carbocycles. The van der Waals surface area contributed by atoms with Crippen LogP contribution in [0.1, 0.15) is 33.1 Å². The Morgan fingerprint density at radius 2 is 1.82 bits per heavy atom. The predicted octanol–water partition coefficient (Wildman–Crippen LogP) is 2.85. The third-order valence-corrected chi connectivity index (χ3v) is 3.85. The summed E-state index contributed by atoms with van der Waals surface area (Å²) in [5.74, 6) is 0.488. The topological polar surface area (TPSA) is 61.4 Å². The number of likely N-dealkylation sites (tertiary alicyclic amines) is 1. The second-order valence-electron chi connectivity index (χ2n) is 6.15. The maximum Gasteiger partial charge on any atom is 0.321 e. The molecule has 1 fully saturated rings. The van der Waals surface area contributed by atoms with Gasteiger partial charge in [0, 0.05) is 31.2 Å². The van der Waals surface area contributed by atoms with Crippen molar-refractivity contribution in [1.82, 2.24) is 10.2 Å². The summed E-state index contributed by atoms with van der Waals surface area (Å²) < 4.78 is 0. The summed E-state index contributed by atoms with van der Waals surface area (Å²) >= 11 is 0. The first kappa shape index (κ1) is 16.3. The van der Waals surface area contributed by atoms with E-state index in [0.717, 1.165) is 18.5 Å². The SMILES string of the molecule is CC(C)NC(=O)CC1CCN(C(=O)Nc2ccccc2)CC1. The third-order valence-electron chi connectivity index (χ3n) is 3.85. The largest absolute Gasteiger partial charge is 0.354 e. The number of para-hydroxylation sites is 1. The fourth-order valence-electron chi connectivity index (χ4n) is 2.71. The molecule has 1 saturated heterocycles. The molecule has 5 nitrogen and oxygen atoms in total. The summed E-state index contributed by atoms with van der Waals surface area (Å²) in [7, 11) is 0. The Labute approximate surface area is 132 Å². The van der Waals surface area contributed by atoms with E-state index in [2.05, 4.69) is 10.6 Å². The fraction of sp³-hybridized carbons (Fsp3) is 0.529. The number of nitrogens with zero attached hydrogens (tertiary/aromatic N) is 1. The van der Waals surface area contributed by atoms with Crippen LogP contribution in [0, 0.1) is 5.92 Å². The number of urea groups is 1. The number of carbonyl (C=O) groups excluding carboxylic acids is 2. The lowest BCUT2D eigenvalue weighted by Crippen LogP contribution is -2.42. The number of benzene rings is 1. The van der Waals surface area contributed by atoms with E-state index in [9.17, 15) is 9.59 Å². The Hall–Kier alpha value is -2.04. The van der Waals surface area contributed by atoms with E-state index in [0.29, 0.717) is 25.4 Å². The lowest BCUT2D eigenvalue weighted by atomic mass is 9.93. The van der Waals surface area contributed by atoms with Crippen LogP contribution in [0.25, 0.3) is 0 Å². The van der Waals surface area contributed by atoms with Gasteiger partial charge in [-0.25, -0.2) is 4.79 Å². The Morgan fingerprint density at radius 1 is 1.18 bits per heavy atom. The molecule has 1 aromatic carbocycles. The number of hydrogen-bond donors (Lipinski definition) is 2. The molecule has 0 aliphatic carbocycles. The molecule has 22 heavy (non-hydrogen) atoms. The van der Waals surface area contributed by atoms with Crippen molar-refractivity contribution in [3.05, 3.63) is 30.3 Å².